The summed E-state index contributed by atoms with van der Waals surface area (Å²) in [5, 5.41) is 4.86. The smallest absolute Gasteiger partial charge is 0.319 e. The Hall–Kier alpha value is -2.90. The second-order valence-electron chi connectivity index (χ2n) is 5.97. The number of urea groups is 1. The molecule has 0 radical (unpaired) electrons. The maximum atomic E-state index is 13.1. The summed E-state index contributed by atoms with van der Waals surface area (Å²) >= 11 is 5.83. The van der Waals surface area contributed by atoms with Crippen molar-refractivity contribution in [2.75, 3.05) is 11.9 Å². The van der Waals surface area contributed by atoms with Crippen LogP contribution in [-0.2, 0) is 9.84 Å². The van der Waals surface area contributed by atoms with E-state index in [0.29, 0.717) is 16.3 Å². The average Bonchev–Trinajstić information content (AvgIpc) is 2.71. The van der Waals surface area contributed by atoms with Crippen molar-refractivity contribution in [1.82, 2.24) is 10.3 Å². The second kappa shape index (κ2) is 8.86. The summed E-state index contributed by atoms with van der Waals surface area (Å²) in [6.07, 6.45) is 3.06. The van der Waals surface area contributed by atoms with Gasteiger partial charge in [0.05, 0.1) is 4.90 Å². The summed E-state index contributed by atoms with van der Waals surface area (Å²) in [6, 6.07) is 17.6. The van der Waals surface area contributed by atoms with Crippen molar-refractivity contribution in [1.29, 1.82) is 0 Å². The molecule has 0 unspecified atom stereocenters. The van der Waals surface area contributed by atoms with Crippen molar-refractivity contribution in [2.24, 2.45) is 0 Å². The van der Waals surface area contributed by atoms with Crippen molar-refractivity contribution >= 4 is 33.2 Å². The molecule has 3 rings (SSSR count). The first-order chi connectivity index (χ1) is 13.5. The largest absolute Gasteiger partial charge is 0.336 e. The molecule has 1 aromatic heterocycles. The van der Waals surface area contributed by atoms with Gasteiger partial charge >= 0.3 is 6.03 Å². The average molecular weight is 416 g/mol. The molecule has 0 aliphatic heterocycles. The fourth-order valence-electron chi connectivity index (χ4n) is 2.64. The number of rotatable bonds is 6. The van der Waals surface area contributed by atoms with Gasteiger partial charge in [-0.25, -0.2) is 13.2 Å². The molecule has 1 heterocycles. The first-order valence-corrected chi connectivity index (χ1v) is 10.4. The Kier molecular flexibility index (Phi) is 6.28. The van der Waals surface area contributed by atoms with Crippen LogP contribution in [0.4, 0.5) is 10.5 Å². The van der Waals surface area contributed by atoms with E-state index in [-0.39, 0.29) is 11.4 Å². The quantitative estimate of drug-likeness (QED) is 0.635. The number of amides is 2. The second-order valence-corrected chi connectivity index (χ2v) is 8.54. The third-order valence-electron chi connectivity index (χ3n) is 4.05. The first kappa shape index (κ1) is 19.9. The molecule has 3 aromatic rings. The number of nitrogens with one attached hydrogen (secondary N) is 2. The van der Waals surface area contributed by atoms with E-state index >= 15 is 0 Å². The van der Waals surface area contributed by atoms with Crippen LogP contribution >= 0.6 is 11.6 Å². The summed E-state index contributed by atoms with van der Waals surface area (Å²) < 4.78 is 26.3. The van der Waals surface area contributed by atoms with Crippen molar-refractivity contribution in [3.63, 3.8) is 0 Å². The van der Waals surface area contributed by atoms with Gasteiger partial charge in [0.15, 0.2) is 9.84 Å². The van der Waals surface area contributed by atoms with Gasteiger partial charge in [0.1, 0.15) is 5.25 Å². The zero-order valence-electron chi connectivity index (χ0n) is 14.7. The summed E-state index contributed by atoms with van der Waals surface area (Å²) in [7, 11) is -3.73. The van der Waals surface area contributed by atoms with E-state index < -0.39 is 21.1 Å². The summed E-state index contributed by atoms with van der Waals surface area (Å²) in [4.78, 5) is 16.4. The number of hydrogen-bond acceptors (Lipinski definition) is 4. The number of sulfone groups is 1. The van der Waals surface area contributed by atoms with Crippen molar-refractivity contribution in [2.45, 2.75) is 10.1 Å². The normalized spacial score (nSPS) is 12.2. The Bertz CT molecular complexity index is 1030. The fraction of sp³-hybridized carbons (Fsp3) is 0.100. The molecule has 2 amide bonds. The number of pyridine rings is 1. The molecule has 8 heteroatoms. The number of anilines is 1. The lowest BCUT2D eigenvalue weighted by atomic mass is 10.2. The molecule has 6 nitrogen and oxygen atoms in total. The van der Waals surface area contributed by atoms with Crippen LogP contribution < -0.4 is 10.6 Å². The van der Waals surface area contributed by atoms with Crippen LogP contribution in [0.3, 0.4) is 0 Å². The van der Waals surface area contributed by atoms with E-state index in [4.69, 9.17) is 11.6 Å². The molecule has 0 bridgehead atoms. The van der Waals surface area contributed by atoms with Crippen LogP contribution in [0.25, 0.3) is 0 Å². The Balaban J connectivity index is 1.78. The molecule has 144 valence electrons. The number of halogens is 1. The van der Waals surface area contributed by atoms with E-state index in [0.717, 1.165) is 0 Å². The minimum absolute atomic E-state index is 0.109. The van der Waals surface area contributed by atoms with Gasteiger partial charge in [-0.1, -0.05) is 35.9 Å². The van der Waals surface area contributed by atoms with E-state index in [9.17, 15) is 13.2 Å². The molecule has 2 aromatic carbocycles. The van der Waals surface area contributed by atoms with Crippen LogP contribution in [0.5, 0.6) is 0 Å². The third-order valence-corrected chi connectivity index (χ3v) is 6.42. The number of nitrogens with zero attached hydrogens (tertiary/aromatic N) is 1. The Morgan fingerprint density at radius 2 is 1.71 bits per heavy atom. The molecule has 2 N–H and O–H groups in total. The number of carbonyl (C=O) groups is 1. The standard InChI is InChI=1S/C20H18ClN3O3S/c21-16-8-10-17(11-9-16)24-20(25)23-14-19(15-5-4-12-22-13-15)28(26,27)18-6-2-1-3-7-18/h1-13,19H,14H2,(H2,23,24,25)/t19-/m1/s1. The lowest BCUT2D eigenvalue weighted by Crippen LogP contribution is -2.35. The highest BCUT2D eigenvalue weighted by molar-refractivity contribution is 7.91. The Morgan fingerprint density at radius 3 is 2.36 bits per heavy atom. The maximum absolute atomic E-state index is 13.1. The SMILES string of the molecule is O=C(NC[C@H](c1cccnc1)S(=O)(=O)c1ccccc1)Nc1ccc(Cl)cc1. The number of hydrogen-bond donors (Lipinski definition) is 2. The van der Waals surface area contributed by atoms with E-state index in [1.165, 1.54) is 18.3 Å². The number of benzene rings is 2. The van der Waals surface area contributed by atoms with Gasteiger partial charge in [-0.05, 0) is 48.0 Å². The Labute approximate surface area is 168 Å². The lowest BCUT2D eigenvalue weighted by Gasteiger charge is -2.19. The monoisotopic (exact) mass is 415 g/mol. The molecule has 0 aliphatic rings. The van der Waals surface area contributed by atoms with Crippen LogP contribution in [0.15, 0.2) is 84.0 Å². The molecular formula is C20H18ClN3O3S. The van der Waals surface area contributed by atoms with Crippen LogP contribution in [0.2, 0.25) is 5.02 Å². The molecular weight excluding hydrogens is 398 g/mol. The fourth-order valence-corrected chi connectivity index (χ4v) is 4.43. The molecule has 1 atom stereocenters. The van der Waals surface area contributed by atoms with Gasteiger partial charge in [0.25, 0.3) is 0 Å². The number of aromatic nitrogens is 1. The zero-order chi connectivity index (χ0) is 20.0. The van der Waals surface area contributed by atoms with Crippen molar-refractivity contribution < 1.29 is 13.2 Å². The molecule has 28 heavy (non-hydrogen) atoms. The highest BCUT2D eigenvalue weighted by atomic mass is 35.5. The van der Waals surface area contributed by atoms with Gasteiger partial charge in [0, 0.05) is 29.6 Å². The van der Waals surface area contributed by atoms with Gasteiger partial charge in [-0.15, -0.1) is 0 Å². The van der Waals surface area contributed by atoms with Gasteiger partial charge in [-0.2, -0.15) is 0 Å². The van der Waals surface area contributed by atoms with Gasteiger partial charge < -0.3 is 10.6 Å². The van der Waals surface area contributed by atoms with Gasteiger partial charge in [0.2, 0.25) is 0 Å². The molecule has 0 aliphatic carbocycles. The number of carbonyl (C=O) groups excluding carboxylic acids is 1. The minimum atomic E-state index is -3.73. The van der Waals surface area contributed by atoms with Crippen molar-refractivity contribution in [3.8, 4) is 0 Å². The highest BCUT2D eigenvalue weighted by Crippen LogP contribution is 2.28. The first-order valence-electron chi connectivity index (χ1n) is 8.46. The highest BCUT2D eigenvalue weighted by Gasteiger charge is 2.29. The summed E-state index contributed by atoms with van der Waals surface area (Å²) in [6.45, 7) is -0.109. The third kappa shape index (κ3) is 4.88. The molecule has 0 saturated heterocycles. The molecule has 0 spiro atoms. The summed E-state index contributed by atoms with van der Waals surface area (Å²) in [5.41, 5.74) is 1.05. The van der Waals surface area contributed by atoms with E-state index in [1.54, 1.807) is 60.8 Å². The van der Waals surface area contributed by atoms with Crippen LogP contribution in [0, 0.1) is 0 Å². The topological polar surface area (TPSA) is 88.2 Å². The van der Waals surface area contributed by atoms with Crippen LogP contribution in [0.1, 0.15) is 10.8 Å². The van der Waals surface area contributed by atoms with Crippen molar-refractivity contribution in [3.05, 3.63) is 89.7 Å². The molecule has 0 fully saturated rings. The zero-order valence-corrected chi connectivity index (χ0v) is 16.3. The minimum Gasteiger partial charge on any atom is -0.336 e. The lowest BCUT2D eigenvalue weighted by molar-refractivity contribution is 0.252. The summed E-state index contributed by atoms with van der Waals surface area (Å²) in [5.74, 6) is 0. The Morgan fingerprint density at radius 1 is 1.00 bits per heavy atom. The predicted molar refractivity (Wildman–Crippen MR) is 109 cm³/mol. The van der Waals surface area contributed by atoms with E-state index in [2.05, 4.69) is 15.6 Å². The predicted octanol–water partition coefficient (Wildman–Crippen LogP) is 4.07. The van der Waals surface area contributed by atoms with E-state index in [1.807, 2.05) is 0 Å². The van der Waals surface area contributed by atoms with Crippen LogP contribution in [-0.4, -0.2) is 26.0 Å². The maximum Gasteiger partial charge on any atom is 0.319 e. The molecule has 0 saturated carbocycles. The van der Waals surface area contributed by atoms with Gasteiger partial charge in [-0.3, -0.25) is 4.98 Å².